The Kier molecular flexibility index (Phi) is 5.65. The molecular weight excluding hydrogens is 352 g/mol. The van der Waals surface area contributed by atoms with Crippen LogP contribution in [0.5, 0.6) is 0 Å². The number of halogens is 1. The molecule has 0 fully saturated rings. The molecule has 1 aliphatic heterocycles. The minimum Gasteiger partial charge on any atom is -0.322 e. The first kappa shape index (κ1) is 18.1. The topological polar surface area (TPSA) is 83.1 Å². The number of pyridine rings is 1. The van der Waals surface area contributed by atoms with Crippen molar-refractivity contribution in [3.05, 3.63) is 64.3 Å². The van der Waals surface area contributed by atoms with Crippen molar-refractivity contribution in [2.45, 2.75) is 13.3 Å². The number of hydrogen-bond acceptors (Lipinski definition) is 4. The highest BCUT2D eigenvalue weighted by molar-refractivity contribution is 6.31. The highest BCUT2D eigenvalue weighted by Crippen LogP contribution is 2.23. The van der Waals surface area contributed by atoms with Gasteiger partial charge in [-0.15, -0.1) is 0 Å². The summed E-state index contributed by atoms with van der Waals surface area (Å²) in [7, 11) is 0. The number of benzene rings is 1. The Balaban J connectivity index is 1.80. The lowest BCUT2D eigenvalue weighted by atomic mass is 10.1. The third-order valence-electron chi connectivity index (χ3n) is 3.98. The van der Waals surface area contributed by atoms with Crippen LogP contribution in [0.2, 0.25) is 5.02 Å². The number of rotatable bonds is 4. The van der Waals surface area contributed by atoms with Crippen LogP contribution >= 0.6 is 11.6 Å². The van der Waals surface area contributed by atoms with Crippen LogP contribution in [0.1, 0.15) is 22.3 Å². The van der Waals surface area contributed by atoms with E-state index in [9.17, 15) is 9.59 Å². The zero-order chi connectivity index (χ0) is 18.5. The van der Waals surface area contributed by atoms with Gasteiger partial charge < -0.3 is 16.0 Å². The van der Waals surface area contributed by atoms with Crippen LogP contribution in [0.3, 0.4) is 0 Å². The molecule has 0 bridgehead atoms. The van der Waals surface area contributed by atoms with Crippen LogP contribution < -0.4 is 16.0 Å². The standard InChI is InChI=1S/C19H19ClN4O2/c1-12-2-5-17(22-11-12)24-19(26)15-10-14(20)3-4-16(15)23-18(25)13-6-8-21-9-7-13/h2-6,10-11,21H,7-9H2,1H3,(H,23,25)(H,22,24,26). The van der Waals surface area contributed by atoms with Crippen molar-refractivity contribution in [1.29, 1.82) is 0 Å². The second-order valence-corrected chi connectivity index (χ2v) is 6.44. The molecular formula is C19H19ClN4O2. The molecule has 6 nitrogen and oxygen atoms in total. The van der Waals surface area contributed by atoms with E-state index in [4.69, 9.17) is 11.6 Å². The Morgan fingerprint density at radius 1 is 1.15 bits per heavy atom. The quantitative estimate of drug-likeness (QED) is 0.772. The molecule has 0 atom stereocenters. The van der Waals surface area contributed by atoms with Gasteiger partial charge in [0.15, 0.2) is 0 Å². The predicted molar refractivity (Wildman–Crippen MR) is 103 cm³/mol. The normalized spacial score (nSPS) is 13.7. The fraction of sp³-hybridized carbons (Fsp3) is 0.211. The van der Waals surface area contributed by atoms with E-state index < -0.39 is 5.91 Å². The third kappa shape index (κ3) is 4.47. The van der Waals surface area contributed by atoms with Crippen molar-refractivity contribution in [3.63, 3.8) is 0 Å². The van der Waals surface area contributed by atoms with Crippen LogP contribution in [-0.2, 0) is 4.79 Å². The van der Waals surface area contributed by atoms with Gasteiger partial charge >= 0.3 is 0 Å². The van der Waals surface area contributed by atoms with E-state index in [1.165, 1.54) is 6.07 Å². The number of amides is 2. The summed E-state index contributed by atoms with van der Waals surface area (Å²) in [5.41, 5.74) is 2.38. The lowest BCUT2D eigenvalue weighted by molar-refractivity contribution is -0.113. The van der Waals surface area contributed by atoms with Crippen molar-refractivity contribution in [1.82, 2.24) is 10.3 Å². The molecule has 0 saturated heterocycles. The molecule has 2 heterocycles. The van der Waals surface area contributed by atoms with E-state index in [1.54, 1.807) is 24.4 Å². The molecule has 0 saturated carbocycles. The molecule has 2 amide bonds. The Morgan fingerprint density at radius 2 is 2.00 bits per heavy atom. The molecule has 0 spiro atoms. The van der Waals surface area contributed by atoms with Crippen molar-refractivity contribution in [2.75, 3.05) is 23.7 Å². The molecule has 1 aromatic heterocycles. The minimum absolute atomic E-state index is 0.212. The molecule has 1 aromatic carbocycles. The van der Waals surface area contributed by atoms with Gasteiger partial charge in [-0.3, -0.25) is 9.59 Å². The highest BCUT2D eigenvalue weighted by Gasteiger charge is 2.17. The van der Waals surface area contributed by atoms with Gasteiger partial charge in [0.2, 0.25) is 0 Å². The fourth-order valence-corrected chi connectivity index (χ4v) is 2.74. The van der Waals surface area contributed by atoms with Crippen LogP contribution in [0.4, 0.5) is 11.5 Å². The summed E-state index contributed by atoms with van der Waals surface area (Å²) >= 11 is 6.04. The number of nitrogens with zero attached hydrogens (tertiary/aromatic N) is 1. The van der Waals surface area contributed by atoms with Crippen molar-refractivity contribution in [3.8, 4) is 0 Å². The van der Waals surface area contributed by atoms with E-state index >= 15 is 0 Å². The first-order valence-electron chi connectivity index (χ1n) is 8.27. The number of carbonyl (C=O) groups is 2. The predicted octanol–water partition coefficient (Wildman–Crippen LogP) is 3.15. The Bertz CT molecular complexity index is 862. The smallest absolute Gasteiger partial charge is 0.258 e. The molecule has 3 N–H and O–H groups in total. The SMILES string of the molecule is Cc1ccc(NC(=O)c2cc(Cl)ccc2NC(=O)C2=CCNCC2)nc1. The van der Waals surface area contributed by atoms with Gasteiger partial charge in [0, 0.05) is 23.3 Å². The second-order valence-electron chi connectivity index (χ2n) is 6.00. The number of aryl methyl sites for hydroxylation is 1. The summed E-state index contributed by atoms with van der Waals surface area (Å²) in [5.74, 6) is -0.173. The molecule has 134 valence electrons. The lowest BCUT2D eigenvalue weighted by Gasteiger charge is -2.16. The van der Waals surface area contributed by atoms with Crippen molar-refractivity contribution in [2.24, 2.45) is 0 Å². The third-order valence-corrected chi connectivity index (χ3v) is 4.22. The highest BCUT2D eigenvalue weighted by atomic mass is 35.5. The van der Waals surface area contributed by atoms with Crippen LogP contribution in [0.25, 0.3) is 0 Å². The Morgan fingerprint density at radius 3 is 2.69 bits per heavy atom. The van der Waals surface area contributed by atoms with Gasteiger partial charge in [-0.1, -0.05) is 23.7 Å². The maximum Gasteiger partial charge on any atom is 0.258 e. The summed E-state index contributed by atoms with van der Waals surface area (Å²) in [6.07, 6.45) is 4.17. The molecule has 0 aliphatic carbocycles. The summed E-state index contributed by atoms with van der Waals surface area (Å²) in [5, 5.41) is 9.09. The molecule has 2 aromatic rings. The van der Waals surface area contributed by atoms with Crippen molar-refractivity contribution < 1.29 is 9.59 Å². The number of nitrogens with one attached hydrogen (secondary N) is 3. The van der Waals surface area contributed by atoms with E-state index in [2.05, 4.69) is 20.9 Å². The molecule has 3 rings (SSSR count). The average Bonchev–Trinajstić information content (AvgIpc) is 2.65. The van der Waals surface area contributed by atoms with Crippen LogP contribution in [0.15, 0.2) is 48.2 Å². The van der Waals surface area contributed by atoms with Gasteiger partial charge in [0.25, 0.3) is 11.8 Å². The number of aromatic nitrogens is 1. The van der Waals surface area contributed by atoms with E-state index in [0.717, 1.165) is 12.1 Å². The average molecular weight is 371 g/mol. The monoisotopic (exact) mass is 370 g/mol. The van der Waals surface area contributed by atoms with Gasteiger partial charge in [-0.05, 0) is 49.7 Å². The first-order valence-corrected chi connectivity index (χ1v) is 8.65. The zero-order valence-electron chi connectivity index (χ0n) is 14.3. The summed E-state index contributed by atoms with van der Waals surface area (Å²) < 4.78 is 0. The molecule has 0 radical (unpaired) electrons. The summed E-state index contributed by atoms with van der Waals surface area (Å²) in [6, 6.07) is 8.36. The fourth-order valence-electron chi connectivity index (χ4n) is 2.57. The number of carbonyl (C=O) groups excluding carboxylic acids is 2. The van der Waals surface area contributed by atoms with Gasteiger partial charge in [-0.25, -0.2) is 4.98 Å². The summed E-state index contributed by atoms with van der Waals surface area (Å²) in [6.45, 7) is 3.33. The van der Waals surface area contributed by atoms with E-state index in [0.29, 0.717) is 35.1 Å². The van der Waals surface area contributed by atoms with Crippen molar-refractivity contribution >= 4 is 34.9 Å². The number of anilines is 2. The molecule has 1 aliphatic rings. The van der Waals surface area contributed by atoms with E-state index in [-0.39, 0.29) is 11.5 Å². The number of hydrogen-bond donors (Lipinski definition) is 3. The molecule has 26 heavy (non-hydrogen) atoms. The van der Waals surface area contributed by atoms with E-state index in [1.807, 2.05) is 19.1 Å². The minimum atomic E-state index is -0.390. The van der Waals surface area contributed by atoms with Gasteiger partial charge in [0.1, 0.15) is 5.82 Å². The van der Waals surface area contributed by atoms with Gasteiger partial charge in [-0.2, -0.15) is 0 Å². The zero-order valence-corrected chi connectivity index (χ0v) is 15.1. The Labute approximate surface area is 156 Å². The maximum atomic E-state index is 12.6. The second kappa shape index (κ2) is 8.12. The maximum absolute atomic E-state index is 12.6. The first-order chi connectivity index (χ1) is 12.5. The van der Waals surface area contributed by atoms with Crippen LogP contribution in [0, 0.1) is 6.92 Å². The largest absolute Gasteiger partial charge is 0.322 e. The van der Waals surface area contributed by atoms with Gasteiger partial charge in [0.05, 0.1) is 11.3 Å². The van der Waals surface area contributed by atoms with Crippen LogP contribution in [-0.4, -0.2) is 29.9 Å². The summed E-state index contributed by atoms with van der Waals surface area (Å²) in [4.78, 5) is 29.2. The lowest BCUT2D eigenvalue weighted by Crippen LogP contribution is -2.27. The molecule has 7 heteroatoms. The Hall–Kier alpha value is -2.70. The molecule has 0 unspecified atom stereocenters.